The molecule has 0 amide bonds. The summed E-state index contributed by atoms with van der Waals surface area (Å²) < 4.78 is 0. The van der Waals surface area contributed by atoms with Crippen molar-refractivity contribution in [3.05, 3.63) is 47.6 Å². The predicted molar refractivity (Wildman–Crippen MR) is 130 cm³/mol. The number of rotatable bonds is 6. The number of hydrogen-bond donors (Lipinski definition) is 4. The molecule has 0 aromatic carbocycles. The molecule has 3 rings (SSSR count). The second-order valence-corrected chi connectivity index (χ2v) is 11.3. The third kappa shape index (κ3) is 4.99. The van der Waals surface area contributed by atoms with Gasteiger partial charge in [-0.2, -0.15) is 0 Å². The molecule has 1 unspecified atom stereocenters. The summed E-state index contributed by atoms with van der Waals surface area (Å²) >= 11 is 0. The van der Waals surface area contributed by atoms with Crippen LogP contribution >= 0.6 is 0 Å². The second kappa shape index (κ2) is 9.58. The van der Waals surface area contributed by atoms with Crippen LogP contribution in [0.2, 0.25) is 0 Å². The Balaban J connectivity index is 1.77. The van der Waals surface area contributed by atoms with Crippen molar-refractivity contribution >= 4 is 0 Å². The number of aliphatic hydroxyl groups excluding tert-OH is 2. The third-order valence-electron chi connectivity index (χ3n) is 8.98. The number of hydrogen-bond acceptors (Lipinski definition) is 4. The summed E-state index contributed by atoms with van der Waals surface area (Å²) in [4.78, 5) is 0. The Morgan fingerprint density at radius 1 is 1.16 bits per heavy atom. The lowest BCUT2D eigenvalue weighted by atomic mass is 9.61. The molecule has 0 bridgehead atoms. The van der Waals surface area contributed by atoms with E-state index in [9.17, 15) is 20.4 Å². The van der Waals surface area contributed by atoms with E-state index in [1.54, 1.807) is 13.0 Å². The van der Waals surface area contributed by atoms with Gasteiger partial charge in [0, 0.05) is 0 Å². The van der Waals surface area contributed by atoms with Gasteiger partial charge in [-0.15, -0.1) is 0 Å². The summed E-state index contributed by atoms with van der Waals surface area (Å²) in [5.74, 6) is 1.36. The van der Waals surface area contributed by atoms with Crippen LogP contribution in [0.3, 0.4) is 0 Å². The maximum atomic E-state index is 10.7. The molecule has 7 atom stereocenters. The van der Waals surface area contributed by atoms with Gasteiger partial charge in [0.05, 0.1) is 12.7 Å². The highest BCUT2D eigenvalue weighted by molar-refractivity contribution is 5.36. The fourth-order valence-corrected chi connectivity index (χ4v) is 6.35. The molecule has 0 aromatic rings. The van der Waals surface area contributed by atoms with Gasteiger partial charge >= 0.3 is 0 Å². The predicted octanol–water partition coefficient (Wildman–Crippen LogP) is 4.84. The number of aliphatic hydroxyl groups is 4. The van der Waals surface area contributed by atoms with E-state index in [0.29, 0.717) is 18.3 Å². The summed E-state index contributed by atoms with van der Waals surface area (Å²) in [6, 6.07) is 0. The van der Waals surface area contributed by atoms with E-state index in [-0.39, 0.29) is 17.4 Å². The topological polar surface area (TPSA) is 80.9 Å². The van der Waals surface area contributed by atoms with Gasteiger partial charge in [-0.3, -0.25) is 0 Å². The normalized spacial score (nSPS) is 38.6. The number of allylic oxidation sites excluding steroid dienone is 5. The van der Waals surface area contributed by atoms with Gasteiger partial charge in [-0.05, 0) is 94.0 Å². The van der Waals surface area contributed by atoms with Gasteiger partial charge in [0.2, 0.25) is 0 Å². The zero-order valence-corrected chi connectivity index (χ0v) is 20.5. The first-order valence-corrected chi connectivity index (χ1v) is 12.4. The lowest BCUT2D eigenvalue weighted by molar-refractivity contribution is -0.126. The monoisotopic (exact) mass is 444 g/mol. The standard InChI is InChI=1S/C28H44O4/c1-19-8-11-23(30)17-22(19)10-9-21-7-6-15-26(3)24(12-13-25(21)26)20(2)14-16-27(4,31)28(5,32)18-29/h9-10,14,16,20,23-25,29-32H,1,6-8,11-13,15,17-18H2,2-5H3/b16-14+,21-9+,22-10-/t20-,23+,24-,25+,26-,27-,28?/m1/s1. The van der Waals surface area contributed by atoms with Crippen molar-refractivity contribution in [2.24, 2.45) is 23.2 Å². The van der Waals surface area contributed by atoms with Crippen molar-refractivity contribution in [2.45, 2.75) is 96.4 Å². The van der Waals surface area contributed by atoms with E-state index in [4.69, 9.17) is 0 Å². The molecule has 4 N–H and O–H groups in total. The van der Waals surface area contributed by atoms with E-state index in [1.807, 2.05) is 6.08 Å². The summed E-state index contributed by atoms with van der Waals surface area (Å²) in [7, 11) is 0. The first-order chi connectivity index (χ1) is 14.9. The molecule has 0 aliphatic heterocycles. The van der Waals surface area contributed by atoms with E-state index in [0.717, 1.165) is 25.7 Å². The summed E-state index contributed by atoms with van der Waals surface area (Å²) in [5, 5.41) is 40.5. The lowest BCUT2D eigenvalue weighted by Crippen LogP contribution is -2.51. The zero-order chi connectivity index (χ0) is 23.7. The molecule has 0 heterocycles. The average Bonchev–Trinajstić information content (AvgIpc) is 3.10. The first-order valence-electron chi connectivity index (χ1n) is 12.4. The summed E-state index contributed by atoms with van der Waals surface area (Å²) in [6.45, 7) is 11.4. The van der Waals surface area contributed by atoms with Crippen molar-refractivity contribution in [1.29, 1.82) is 0 Å². The molecule has 3 aliphatic carbocycles. The van der Waals surface area contributed by atoms with Crippen LogP contribution in [0.5, 0.6) is 0 Å². The van der Waals surface area contributed by atoms with Crippen molar-refractivity contribution < 1.29 is 20.4 Å². The SMILES string of the molecule is C=C1CC[C@H](O)C/C1=C/C=C1\CCC[C@]2(C)[C@@H]([C@H](C)/C=C/[C@@](C)(O)C(C)(O)CO)CC[C@@H]12. The van der Waals surface area contributed by atoms with E-state index in [1.165, 1.54) is 42.9 Å². The second-order valence-electron chi connectivity index (χ2n) is 11.3. The van der Waals surface area contributed by atoms with Crippen LogP contribution < -0.4 is 0 Å². The molecule has 0 saturated heterocycles. The lowest BCUT2D eigenvalue weighted by Gasteiger charge is -2.44. The highest BCUT2D eigenvalue weighted by atomic mass is 16.4. The third-order valence-corrected chi connectivity index (χ3v) is 8.98. The van der Waals surface area contributed by atoms with Crippen LogP contribution in [-0.4, -0.2) is 44.3 Å². The molecular formula is C28H44O4. The Bertz CT molecular complexity index is 787. The molecular weight excluding hydrogens is 400 g/mol. The minimum absolute atomic E-state index is 0.223. The number of fused-ring (bicyclic) bond motifs is 1. The average molecular weight is 445 g/mol. The van der Waals surface area contributed by atoms with Crippen molar-refractivity contribution in [1.82, 2.24) is 0 Å². The highest BCUT2D eigenvalue weighted by Gasteiger charge is 2.50. The van der Waals surface area contributed by atoms with Gasteiger partial charge < -0.3 is 20.4 Å². The van der Waals surface area contributed by atoms with Crippen LogP contribution in [-0.2, 0) is 0 Å². The fourth-order valence-electron chi connectivity index (χ4n) is 6.35. The van der Waals surface area contributed by atoms with E-state index in [2.05, 4.69) is 32.6 Å². The Hall–Kier alpha value is -1.20. The van der Waals surface area contributed by atoms with Crippen LogP contribution in [0.4, 0.5) is 0 Å². The van der Waals surface area contributed by atoms with E-state index >= 15 is 0 Å². The maximum Gasteiger partial charge on any atom is 0.117 e. The molecule has 0 aromatic heterocycles. The smallest absolute Gasteiger partial charge is 0.117 e. The quantitative estimate of drug-likeness (QED) is 0.442. The van der Waals surface area contributed by atoms with Gasteiger partial charge in [0.1, 0.15) is 11.2 Å². The minimum atomic E-state index is -1.57. The molecule has 32 heavy (non-hydrogen) atoms. The largest absolute Gasteiger partial charge is 0.393 e. The van der Waals surface area contributed by atoms with E-state index < -0.39 is 17.8 Å². The van der Waals surface area contributed by atoms with Gasteiger partial charge in [-0.1, -0.05) is 55.9 Å². The first kappa shape index (κ1) is 25.4. The minimum Gasteiger partial charge on any atom is -0.393 e. The molecule has 3 saturated carbocycles. The van der Waals surface area contributed by atoms with Gasteiger partial charge in [-0.25, -0.2) is 0 Å². The molecule has 180 valence electrons. The molecule has 3 aliphatic rings. The molecule has 4 heteroatoms. The molecule has 3 fully saturated rings. The zero-order valence-electron chi connectivity index (χ0n) is 20.5. The maximum absolute atomic E-state index is 10.7. The Morgan fingerprint density at radius 3 is 2.56 bits per heavy atom. The fraction of sp³-hybridized carbons (Fsp3) is 0.714. The Labute approximate surface area is 194 Å². The van der Waals surface area contributed by atoms with Crippen LogP contribution in [0.1, 0.15) is 79.1 Å². The van der Waals surface area contributed by atoms with Crippen molar-refractivity contribution in [3.63, 3.8) is 0 Å². The van der Waals surface area contributed by atoms with Crippen LogP contribution in [0.15, 0.2) is 47.6 Å². The highest BCUT2D eigenvalue weighted by Crippen LogP contribution is 2.59. The van der Waals surface area contributed by atoms with Crippen LogP contribution in [0.25, 0.3) is 0 Å². The van der Waals surface area contributed by atoms with Crippen molar-refractivity contribution in [3.8, 4) is 0 Å². The van der Waals surface area contributed by atoms with Gasteiger partial charge in [0.25, 0.3) is 0 Å². The van der Waals surface area contributed by atoms with Gasteiger partial charge in [0.15, 0.2) is 0 Å². The van der Waals surface area contributed by atoms with Crippen LogP contribution in [0, 0.1) is 23.2 Å². The van der Waals surface area contributed by atoms with Crippen molar-refractivity contribution in [2.75, 3.05) is 6.61 Å². The summed E-state index contributed by atoms with van der Waals surface area (Å²) in [5.41, 5.74) is 1.07. The summed E-state index contributed by atoms with van der Waals surface area (Å²) in [6.07, 6.45) is 16.3. The molecule has 0 radical (unpaired) electrons. The Morgan fingerprint density at radius 2 is 1.88 bits per heavy atom. The molecule has 4 nitrogen and oxygen atoms in total. The Kier molecular flexibility index (Phi) is 7.61. The molecule has 0 spiro atoms.